The first kappa shape index (κ1) is 43.8. The van der Waals surface area contributed by atoms with E-state index in [0.717, 1.165) is 56.3 Å². The predicted octanol–water partition coefficient (Wildman–Crippen LogP) is 5.31. The minimum absolute atomic E-state index is 0.0131. The lowest BCUT2D eigenvalue weighted by atomic mass is 10.1. The van der Waals surface area contributed by atoms with Crippen molar-refractivity contribution in [3.63, 3.8) is 0 Å². The van der Waals surface area contributed by atoms with Crippen molar-refractivity contribution in [1.29, 1.82) is 0 Å². The van der Waals surface area contributed by atoms with Crippen LogP contribution in [0.4, 0.5) is 14.4 Å². The lowest BCUT2D eigenvalue weighted by Crippen LogP contribution is -2.60. The molecule has 3 aromatic carbocycles. The highest BCUT2D eigenvalue weighted by Gasteiger charge is 2.39. The largest absolute Gasteiger partial charge is 0.488 e. The number of likely N-dealkylation sites (tertiary alicyclic amines) is 4. The number of ether oxygens (including phenoxy) is 4. The Hall–Kier alpha value is -5.81. The number of rotatable bonds is 8. The van der Waals surface area contributed by atoms with E-state index in [1.54, 1.807) is 21.7 Å². The van der Waals surface area contributed by atoms with Crippen LogP contribution in [-0.4, -0.2) is 163 Å². The van der Waals surface area contributed by atoms with Gasteiger partial charge in [0.25, 0.3) is 0 Å². The number of terminal acetylenes is 1. The molecule has 60 heavy (non-hydrogen) atoms. The lowest BCUT2D eigenvalue weighted by Gasteiger charge is -2.42. The first-order valence-corrected chi connectivity index (χ1v) is 20.9. The van der Waals surface area contributed by atoms with E-state index < -0.39 is 5.60 Å². The molecule has 322 valence electrons. The SMILES string of the molecule is C#CN1CC[C@@H](N(C)C(=O)N2CC(Oc3ccccc3)C2)C1.CN(C(=O)N1CC(Oc2ccccc2)C1)[C@@H]1CCN(C(=O)OC(C)(C)C)C1.c1ccc(OC2CNC2)cc1. The van der Waals surface area contributed by atoms with Gasteiger partial charge in [-0.15, -0.1) is 0 Å². The molecule has 14 heteroatoms. The maximum atomic E-state index is 12.7. The van der Waals surface area contributed by atoms with Crippen molar-refractivity contribution >= 4 is 18.2 Å². The van der Waals surface area contributed by atoms with Crippen molar-refractivity contribution in [1.82, 2.24) is 34.7 Å². The van der Waals surface area contributed by atoms with E-state index >= 15 is 0 Å². The zero-order chi connectivity index (χ0) is 42.6. The van der Waals surface area contributed by atoms with Gasteiger partial charge in [-0.3, -0.25) is 0 Å². The highest BCUT2D eigenvalue weighted by molar-refractivity contribution is 5.76. The molecule has 8 rings (SSSR count). The molecule has 0 saturated carbocycles. The first-order chi connectivity index (χ1) is 28.8. The Labute approximate surface area is 355 Å². The second-order valence-corrected chi connectivity index (χ2v) is 16.8. The maximum Gasteiger partial charge on any atom is 0.410 e. The molecule has 5 heterocycles. The number of nitrogens with one attached hydrogen (secondary N) is 1. The van der Waals surface area contributed by atoms with Crippen LogP contribution in [0.25, 0.3) is 0 Å². The molecule has 14 nitrogen and oxygen atoms in total. The van der Waals surface area contributed by atoms with Gasteiger partial charge in [0.1, 0.15) is 41.2 Å². The fraction of sp³-hybridized carbons (Fsp3) is 0.500. The van der Waals surface area contributed by atoms with Crippen LogP contribution in [0.5, 0.6) is 17.2 Å². The molecule has 3 aromatic rings. The van der Waals surface area contributed by atoms with Gasteiger partial charge < -0.3 is 53.7 Å². The van der Waals surface area contributed by atoms with Crippen LogP contribution in [0, 0.1) is 12.5 Å². The lowest BCUT2D eigenvalue weighted by molar-refractivity contribution is 0.0242. The monoisotopic (exact) mass is 823 g/mol. The van der Waals surface area contributed by atoms with Crippen LogP contribution >= 0.6 is 0 Å². The molecule has 5 aliphatic rings. The molecule has 5 saturated heterocycles. The summed E-state index contributed by atoms with van der Waals surface area (Å²) < 4.78 is 22.7. The van der Waals surface area contributed by atoms with Crippen molar-refractivity contribution in [3.8, 4) is 29.7 Å². The Morgan fingerprint density at radius 1 is 0.617 bits per heavy atom. The molecule has 2 atom stereocenters. The third-order valence-corrected chi connectivity index (χ3v) is 11.0. The van der Waals surface area contributed by atoms with Gasteiger partial charge in [0.2, 0.25) is 0 Å². The standard InChI is InChI=1S/C20H29N3O4.C17H21N3O2.C9H11NO/c1-20(2,3)27-19(25)22-11-10-15(12-22)21(4)18(24)23-13-17(14-23)26-16-8-6-5-7-9-16;1-3-19-10-9-14(11-19)18(2)17(21)20-12-16(13-20)22-15-7-5-4-6-8-15;1-2-4-8(5-3-1)11-9-6-10-7-9/h5-9,15,17H,10-14H2,1-4H3;1,4-8,14,16H,9-13H2,2H3;1-5,9-10H,6-7H2/t15-;14-;/m11./s1. The number of hydrogen-bond acceptors (Lipinski definition) is 9. The van der Waals surface area contributed by atoms with Crippen molar-refractivity contribution in [3.05, 3.63) is 91.0 Å². The minimum Gasteiger partial charge on any atom is -0.488 e. The Morgan fingerprint density at radius 2 is 1.03 bits per heavy atom. The second kappa shape index (κ2) is 20.4. The minimum atomic E-state index is -0.512. The molecule has 5 aliphatic heterocycles. The van der Waals surface area contributed by atoms with E-state index in [-0.39, 0.29) is 42.4 Å². The van der Waals surface area contributed by atoms with Gasteiger partial charge in [-0.05, 0) is 70.0 Å². The second-order valence-electron chi connectivity index (χ2n) is 16.8. The number of likely N-dealkylation sites (N-methyl/N-ethyl adjacent to an activating group) is 2. The third-order valence-electron chi connectivity index (χ3n) is 11.0. The molecule has 0 unspecified atom stereocenters. The van der Waals surface area contributed by atoms with Gasteiger partial charge in [0, 0.05) is 59.4 Å². The number of nitrogens with zero attached hydrogens (tertiary/aromatic N) is 6. The fourth-order valence-electron chi connectivity index (χ4n) is 7.24. The summed E-state index contributed by atoms with van der Waals surface area (Å²) in [5, 5.41) is 3.16. The van der Waals surface area contributed by atoms with E-state index in [0.29, 0.717) is 45.4 Å². The van der Waals surface area contributed by atoms with Crippen molar-refractivity contribution in [2.45, 2.75) is 69.6 Å². The van der Waals surface area contributed by atoms with Gasteiger partial charge in [-0.1, -0.05) is 61.0 Å². The number of carbonyl (C=O) groups is 3. The maximum absolute atomic E-state index is 12.7. The van der Waals surface area contributed by atoms with E-state index in [9.17, 15) is 14.4 Å². The summed E-state index contributed by atoms with van der Waals surface area (Å²) >= 11 is 0. The normalized spacial score (nSPS) is 20.1. The number of amides is 5. The Morgan fingerprint density at radius 3 is 1.42 bits per heavy atom. The highest BCUT2D eigenvalue weighted by Crippen LogP contribution is 2.24. The zero-order valence-electron chi connectivity index (χ0n) is 35.7. The summed E-state index contributed by atoms with van der Waals surface area (Å²) in [6.45, 7) is 12.7. The van der Waals surface area contributed by atoms with Crippen LogP contribution < -0.4 is 19.5 Å². The van der Waals surface area contributed by atoms with Crippen LogP contribution in [0.2, 0.25) is 0 Å². The van der Waals surface area contributed by atoms with Gasteiger partial charge in [-0.25, -0.2) is 14.4 Å². The molecule has 0 aliphatic carbocycles. The van der Waals surface area contributed by atoms with Crippen molar-refractivity contribution in [2.75, 3.05) is 79.5 Å². The van der Waals surface area contributed by atoms with E-state index in [2.05, 4.69) is 11.4 Å². The fourth-order valence-corrected chi connectivity index (χ4v) is 7.24. The van der Waals surface area contributed by atoms with Gasteiger partial charge >= 0.3 is 18.2 Å². The molecule has 0 spiro atoms. The van der Waals surface area contributed by atoms with Crippen LogP contribution in [0.3, 0.4) is 0 Å². The summed E-state index contributed by atoms with van der Waals surface area (Å²) in [7, 11) is 3.66. The Kier molecular flexibility index (Phi) is 14.9. The number of hydrogen-bond donors (Lipinski definition) is 1. The van der Waals surface area contributed by atoms with Gasteiger partial charge in [0.05, 0.1) is 38.3 Å². The average molecular weight is 824 g/mol. The van der Waals surface area contributed by atoms with Crippen LogP contribution in [0.15, 0.2) is 91.0 Å². The first-order valence-electron chi connectivity index (χ1n) is 20.9. The van der Waals surface area contributed by atoms with Gasteiger partial charge in [0.15, 0.2) is 0 Å². The summed E-state index contributed by atoms with van der Waals surface area (Å²) in [4.78, 5) is 48.1. The molecule has 0 bridgehead atoms. The van der Waals surface area contributed by atoms with E-state index in [1.165, 1.54) is 0 Å². The number of carbonyl (C=O) groups excluding carboxylic acids is 3. The predicted molar refractivity (Wildman–Crippen MR) is 230 cm³/mol. The molecule has 1 N–H and O–H groups in total. The molecule has 0 radical (unpaired) electrons. The smallest absolute Gasteiger partial charge is 0.410 e. The van der Waals surface area contributed by atoms with Crippen molar-refractivity contribution < 1.29 is 33.3 Å². The number of urea groups is 2. The summed E-state index contributed by atoms with van der Waals surface area (Å²) in [5.74, 6) is 2.65. The van der Waals surface area contributed by atoms with Crippen LogP contribution in [-0.2, 0) is 4.74 Å². The summed E-state index contributed by atoms with van der Waals surface area (Å²) in [5.41, 5.74) is -0.512. The van der Waals surface area contributed by atoms with Crippen LogP contribution in [0.1, 0.15) is 33.6 Å². The number of benzene rings is 3. The number of para-hydroxylation sites is 3. The Bertz CT molecular complexity index is 1860. The highest BCUT2D eigenvalue weighted by atomic mass is 16.6. The molecule has 5 amide bonds. The topological polar surface area (TPSA) is 120 Å². The van der Waals surface area contributed by atoms with E-state index in [1.807, 2.05) is 134 Å². The molecule has 5 fully saturated rings. The van der Waals surface area contributed by atoms with Crippen molar-refractivity contribution in [2.24, 2.45) is 0 Å². The van der Waals surface area contributed by atoms with Gasteiger partial charge in [-0.2, -0.15) is 0 Å². The quantitative estimate of drug-likeness (QED) is 0.302. The molecular weight excluding hydrogens is 763 g/mol. The van der Waals surface area contributed by atoms with E-state index in [4.69, 9.17) is 25.4 Å². The third kappa shape index (κ3) is 12.4. The molecule has 0 aromatic heterocycles. The average Bonchev–Trinajstić information content (AvgIpc) is 3.90. The summed E-state index contributed by atoms with van der Waals surface area (Å²) in [6.07, 6.45) is 7.30. The molecular formula is C46H61N7O7. The Balaban J connectivity index is 0.000000163. The summed E-state index contributed by atoms with van der Waals surface area (Å²) in [6, 6.07) is 32.2. The zero-order valence-corrected chi connectivity index (χ0v) is 35.7.